The topological polar surface area (TPSA) is 52.9 Å². The van der Waals surface area contributed by atoms with E-state index in [-0.39, 0.29) is 5.56 Å². The number of amides is 1. The number of imidazole rings is 1. The van der Waals surface area contributed by atoms with E-state index in [4.69, 9.17) is 0 Å². The van der Waals surface area contributed by atoms with Crippen LogP contribution in [0.5, 0.6) is 0 Å². The summed E-state index contributed by atoms with van der Waals surface area (Å²) in [6, 6.07) is 9.09. The fraction of sp³-hybridized carbons (Fsp3) is 0.364. The maximum atomic E-state index is 14.8. The Morgan fingerprint density at radius 3 is 2.93 bits per heavy atom. The Morgan fingerprint density at radius 1 is 1.17 bits per heavy atom. The molecule has 7 heteroatoms. The van der Waals surface area contributed by atoms with Crippen molar-refractivity contribution in [2.75, 3.05) is 36.4 Å². The number of anilines is 2. The molecule has 0 saturated carbocycles. The minimum atomic E-state index is -0.492. The van der Waals surface area contributed by atoms with Crippen molar-refractivity contribution in [3.63, 3.8) is 0 Å². The van der Waals surface area contributed by atoms with Gasteiger partial charge in [-0.25, -0.2) is 9.37 Å². The first-order valence-corrected chi connectivity index (χ1v) is 10.1. The van der Waals surface area contributed by atoms with Crippen molar-refractivity contribution in [2.24, 2.45) is 0 Å². The van der Waals surface area contributed by atoms with Gasteiger partial charge >= 0.3 is 0 Å². The Hall–Kier alpha value is -2.93. The van der Waals surface area contributed by atoms with Crippen molar-refractivity contribution in [1.29, 1.82) is 0 Å². The van der Waals surface area contributed by atoms with Crippen LogP contribution in [0.4, 0.5) is 15.8 Å². The molecule has 2 aliphatic heterocycles. The van der Waals surface area contributed by atoms with Gasteiger partial charge in [-0.2, -0.15) is 0 Å². The number of fused-ring (bicyclic) bond motifs is 2. The van der Waals surface area contributed by atoms with E-state index in [1.807, 2.05) is 29.7 Å². The molecule has 1 amide bonds. The molecular weight excluding hydrogens is 369 g/mol. The highest BCUT2D eigenvalue weighted by molar-refractivity contribution is 6.04. The van der Waals surface area contributed by atoms with Gasteiger partial charge in [-0.1, -0.05) is 0 Å². The molecule has 1 aromatic carbocycles. The van der Waals surface area contributed by atoms with E-state index in [1.54, 1.807) is 18.3 Å². The Bertz CT molecular complexity index is 1080. The molecule has 150 valence electrons. The second-order valence-electron chi connectivity index (χ2n) is 7.96. The van der Waals surface area contributed by atoms with Gasteiger partial charge in [-0.15, -0.1) is 0 Å². The van der Waals surface area contributed by atoms with Crippen molar-refractivity contribution >= 4 is 22.9 Å². The maximum absolute atomic E-state index is 14.8. The summed E-state index contributed by atoms with van der Waals surface area (Å²) in [6.07, 6.45) is 6.11. The standard InChI is InChI=1S/C22H24FN5O/c1-15-12-28-13-16(4-7-21(28)24-15)25-22(29)19-6-5-17(11-20(19)23)27-10-9-26-8-2-3-18(26)14-27/h4-7,11-13,18H,2-3,8-10,14H2,1H3,(H,25,29)/t18-/m0/s1. The molecule has 2 aromatic heterocycles. The molecule has 0 unspecified atom stereocenters. The summed E-state index contributed by atoms with van der Waals surface area (Å²) in [4.78, 5) is 21.7. The number of carbonyl (C=O) groups is 1. The normalized spacial score (nSPS) is 19.5. The first kappa shape index (κ1) is 18.1. The van der Waals surface area contributed by atoms with Crippen molar-refractivity contribution < 1.29 is 9.18 Å². The summed E-state index contributed by atoms with van der Waals surface area (Å²) in [7, 11) is 0. The van der Waals surface area contributed by atoms with Crippen LogP contribution in [-0.2, 0) is 0 Å². The Balaban J connectivity index is 1.32. The van der Waals surface area contributed by atoms with Gasteiger partial charge in [0.25, 0.3) is 5.91 Å². The first-order chi connectivity index (χ1) is 14.1. The van der Waals surface area contributed by atoms with Crippen LogP contribution in [-0.4, -0.2) is 52.4 Å². The van der Waals surface area contributed by atoms with Gasteiger partial charge in [0, 0.05) is 43.8 Å². The average Bonchev–Trinajstić information content (AvgIpc) is 3.32. The van der Waals surface area contributed by atoms with E-state index in [1.165, 1.54) is 25.5 Å². The quantitative estimate of drug-likeness (QED) is 0.742. The van der Waals surface area contributed by atoms with Crippen LogP contribution in [0.25, 0.3) is 5.65 Å². The fourth-order valence-electron chi connectivity index (χ4n) is 4.50. The van der Waals surface area contributed by atoms with Crippen LogP contribution in [0, 0.1) is 12.7 Å². The lowest BCUT2D eigenvalue weighted by molar-refractivity contribution is 0.102. The van der Waals surface area contributed by atoms with Gasteiger partial charge < -0.3 is 14.6 Å². The molecule has 0 radical (unpaired) electrons. The van der Waals surface area contributed by atoms with Crippen LogP contribution >= 0.6 is 0 Å². The van der Waals surface area contributed by atoms with Crippen molar-refractivity contribution in [3.8, 4) is 0 Å². The zero-order chi connectivity index (χ0) is 20.0. The molecule has 0 spiro atoms. The molecule has 6 nitrogen and oxygen atoms in total. The van der Waals surface area contributed by atoms with Crippen LogP contribution in [0.3, 0.4) is 0 Å². The van der Waals surface area contributed by atoms with Crippen LogP contribution in [0.2, 0.25) is 0 Å². The number of rotatable bonds is 3. The van der Waals surface area contributed by atoms with Gasteiger partial charge in [-0.05, 0) is 56.6 Å². The Morgan fingerprint density at radius 2 is 2.07 bits per heavy atom. The molecule has 3 aromatic rings. The second kappa shape index (κ2) is 7.15. The smallest absolute Gasteiger partial charge is 0.258 e. The monoisotopic (exact) mass is 393 g/mol. The number of aromatic nitrogens is 2. The highest BCUT2D eigenvalue weighted by Gasteiger charge is 2.30. The van der Waals surface area contributed by atoms with Gasteiger partial charge in [-0.3, -0.25) is 9.69 Å². The molecule has 0 aliphatic carbocycles. The zero-order valence-corrected chi connectivity index (χ0v) is 16.4. The van der Waals surface area contributed by atoms with E-state index < -0.39 is 11.7 Å². The Labute approximate surface area is 168 Å². The van der Waals surface area contributed by atoms with E-state index in [9.17, 15) is 9.18 Å². The number of halogens is 1. The third-order valence-electron chi connectivity index (χ3n) is 5.98. The van der Waals surface area contributed by atoms with Crippen LogP contribution in [0.1, 0.15) is 28.9 Å². The van der Waals surface area contributed by atoms with E-state index in [0.29, 0.717) is 11.7 Å². The summed E-state index contributed by atoms with van der Waals surface area (Å²) < 4.78 is 16.6. The lowest BCUT2D eigenvalue weighted by Crippen LogP contribution is -2.50. The van der Waals surface area contributed by atoms with Gasteiger partial charge in [0.1, 0.15) is 11.5 Å². The number of benzene rings is 1. The lowest BCUT2D eigenvalue weighted by atomic mass is 10.1. The molecule has 1 N–H and O–H groups in total. The number of nitrogens with zero attached hydrogens (tertiary/aromatic N) is 4. The number of hydrogen-bond donors (Lipinski definition) is 1. The fourth-order valence-corrected chi connectivity index (χ4v) is 4.50. The number of pyridine rings is 1. The molecule has 4 heterocycles. The molecule has 2 aliphatic rings. The average molecular weight is 393 g/mol. The summed E-state index contributed by atoms with van der Waals surface area (Å²) in [5.74, 6) is -0.945. The summed E-state index contributed by atoms with van der Waals surface area (Å²) in [5.41, 5.74) is 3.20. The lowest BCUT2D eigenvalue weighted by Gasteiger charge is -2.38. The van der Waals surface area contributed by atoms with E-state index >= 15 is 0 Å². The highest BCUT2D eigenvalue weighted by Crippen LogP contribution is 2.27. The third-order valence-corrected chi connectivity index (χ3v) is 5.98. The number of piperazine rings is 1. The molecule has 0 bridgehead atoms. The number of nitrogens with one attached hydrogen (secondary N) is 1. The third kappa shape index (κ3) is 3.46. The number of aryl methyl sites for hydroxylation is 1. The second-order valence-corrected chi connectivity index (χ2v) is 7.96. The predicted octanol–water partition coefficient (Wildman–Crippen LogP) is 3.32. The van der Waals surface area contributed by atoms with Crippen molar-refractivity contribution in [3.05, 3.63) is 59.8 Å². The molecule has 2 fully saturated rings. The molecule has 29 heavy (non-hydrogen) atoms. The van der Waals surface area contributed by atoms with Crippen molar-refractivity contribution in [1.82, 2.24) is 14.3 Å². The molecular formula is C22H24FN5O. The van der Waals surface area contributed by atoms with Crippen molar-refractivity contribution in [2.45, 2.75) is 25.8 Å². The Kier molecular flexibility index (Phi) is 4.47. The molecule has 5 rings (SSSR count). The molecule has 2 saturated heterocycles. The van der Waals surface area contributed by atoms with Gasteiger partial charge in [0.15, 0.2) is 0 Å². The highest BCUT2D eigenvalue weighted by atomic mass is 19.1. The summed E-state index contributed by atoms with van der Waals surface area (Å²) in [5, 5.41) is 2.78. The summed E-state index contributed by atoms with van der Waals surface area (Å²) >= 11 is 0. The van der Waals surface area contributed by atoms with Crippen LogP contribution in [0.15, 0.2) is 42.7 Å². The number of hydrogen-bond acceptors (Lipinski definition) is 4. The van der Waals surface area contributed by atoms with Gasteiger partial charge in [0.2, 0.25) is 0 Å². The van der Waals surface area contributed by atoms with Crippen LogP contribution < -0.4 is 10.2 Å². The SMILES string of the molecule is Cc1cn2cc(NC(=O)c3ccc(N4CCN5CCC[C@H]5C4)cc3F)ccc2n1. The molecule has 1 atom stereocenters. The maximum Gasteiger partial charge on any atom is 0.258 e. The minimum Gasteiger partial charge on any atom is -0.369 e. The predicted molar refractivity (Wildman–Crippen MR) is 111 cm³/mol. The largest absolute Gasteiger partial charge is 0.369 e. The summed E-state index contributed by atoms with van der Waals surface area (Å²) in [6.45, 7) is 5.93. The minimum absolute atomic E-state index is 0.0511. The van der Waals surface area contributed by atoms with E-state index in [0.717, 1.165) is 36.7 Å². The first-order valence-electron chi connectivity index (χ1n) is 10.1. The number of carbonyl (C=O) groups excluding carboxylic acids is 1. The van der Waals surface area contributed by atoms with Gasteiger partial charge in [0.05, 0.1) is 16.9 Å². The zero-order valence-electron chi connectivity index (χ0n) is 16.4. The van der Waals surface area contributed by atoms with E-state index in [2.05, 4.69) is 20.1 Å².